The zero-order chi connectivity index (χ0) is 28.4. The van der Waals surface area contributed by atoms with Gasteiger partial charge in [-0.1, -0.05) is 51.1 Å². The maximum Gasteiger partial charge on any atom is 0.407 e. The van der Waals surface area contributed by atoms with E-state index in [2.05, 4.69) is 22.2 Å². The van der Waals surface area contributed by atoms with Crippen LogP contribution in [-0.4, -0.2) is 65.2 Å². The summed E-state index contributed by atoms with van der Waals surface area (Å²) in [5, 5.41) is 7.70. The van der Waals surface area contributed by atoms with Crippen molar-refractivity contribution in [1.29, 1.82) is 0 Å². The van der Waals surface area contributed by atoms with Gasteiger partial charge in [-0.05, 0) is 53.7 Å². The number of aromatic nitrogens is 1. The van der Waals surface area contributed by atoms with E-state index in [1.807, 2.05) is 63.3 Å². The molecule has 0 radical (unpaired) electrons. The summed E-state index contributed by atoms with van der Waals surface area (Å²) < 4.78 is 11.8. The van der Waals surface area contributed by atoms with Crippen molar-refractivity contribution in [3.05, 3.63) is 54.8 Å². The Labute approximate surface area is 235 Å². The summed E-state index contributed by atoms with van der Waals surface area (Å²) in [7, 11) is 0. The maximum absolute atomic E-state index is 14.0. The maximum atomic E-state index is 14.0. The lowest BCUT2D eigenvalue weighted by Gasteiger charge is -2.35. The first-order chi connectivity index (χ1) is 19.1. The number of amides is 3. The zero-order valence-electron chi connectivity index (χ0n) is 23.4. The Balaban J connectivity index is 1.49. The minimum atomic E-state index is -0.895. The highest BCUT2D eigenvalue weighted by Gasteiger charge is 2.47. The van der Waals surface area contributed by atoms with E-state index in [4.69, 9.17) is 9.47 Å². The van der Waals surface area contributed by atoms with Gasteiger partial charge in [-0.3, -0.25) is 9.59 Å². The summed E-state index contributed by atoms with van der Waals surface area (Å²) in [6, 6.07) is 6.39. The number of pyridine rings is 1. The van der Waals surface area contributed by atoms with Crippen molar-refractivity contribution < 1.29 is 23.9 Å². The van der Waals surface area contributed by atoms with Crippen LogP contribution in [0.1, 0.15) is 52.0 Å². The molecule has 3 amide bonds. The molecule has 1 saturated carbocycles. The van der Waals surface area contributed by atoms with E-state index in [9.17, 15) is 14.4 Å². The van der Waals surface area contributed by atoms with E-state index in [1.165, 1.54) is 0 Å². The van der Waals surface area contributed by atoms with E-state index in [0.717, 1.165) is 29.2 Å². The molecule has 3 aliphatic rings. The summed E-state index contributed by atoms with van der Waals surface area (Å²) in [6.45, 7) is 9.87. The van der Waals surface area contributed by atoms with Crippen LogP contribution in [0.3, 0.4) is 0 Å². The van der Waals surface area contributed by atoms with Crippen molar-refractivity contribution in [2.75, 3.05) is 13.2 Å². The SMILES string of the molecule is C=C[C@@H]1C[C@H]1NC(=O)[C@@H]1C[C@@H]2CN1C(=O)[C@H](C(C)(C)C)NC(=O)OCCC/C=C/c1ccc3ccnc(c3c1)O2. The first-order valence-electron chi connectivity index (χ1n) is 14.0. The van der Waals surface area contributed by atoms with E-state index in [0.29, 0.717) is 18.7 Å². The summed E-state index contributed by atoms with van der Waals surface area (Å²) in [4.78, 5) is 46.3. The van der Waals surface area contributed by atoms with Crippen molar-refractivity contribution in [2.24, 2.45) is 11.3 Å². The van der Waals surface area contributed by atoms with Crippen molar-refractivity contribution in [2.45, 2.75) is 70.7 Å². The molecule has 1 aliphatic carbocycles. The van der Waals surface area contributed by atoms with Crippen molar-refractivity contribution >= 4 is 34.8 Å². The Hall–Kier alpha value is -3.88. The minimum Gasteiger partial charge on any atom is -0.472 e. The fraction of sp³-hybridized carbons (Fsp3) is 0.484. The number of benzene rings is 1. The molecule has 40 heavy (non-hydrogen) atoms. The van der Waals surface area contributed by atoms with Crippen molar-refractivity contribution in [3.8, 4) is 5.88 Å². The molecular formula is C31H38N4O5. The molecule has 5 rings (SSSR count). The molecule has 212 valence electrons. The molecule has 1 saturated heterocycles. The van der Waals surface area contributed by atoms with E-state index < -0.39 is 29.7 Å². The lowest BCUT2D eigenvalue weighted by molar-refractivity contribution is -0.142. The minimum absolute atomic E-state index is 0.0223. The zero-order valence-corrected chi connectivity index (χ0v) is 23.4. The van der Waals surface area contributed by atoms with Gasteiger partial charge in [-0.15, -0.1) is 6.58 Å². The summed E-state index contributed by atoms with van der Waals surface area (Å²) in [5.74, 6) is 0.138. The van der Waals surface area contributed by atoms with Crippen LogP contribution in [0, 0.1) is 11.3 Å². The molecule has 2 fully saturated rings. The van der Waals surface area contributed by atoms with Crippen LogP contribution in [0.4, 0.5) is 4.79 Å². The molecule has 9 heteroatoms. The second-order valence-electron chi connectivity index (χ2n) is 12.0. The fourth-order valence-electron chi connectivity index (χ4n) is 5.37. The predicted octanol–water partition coefficient (Wildman–Crippen LogP) is 4.22. The number of carbonyl (C=O) groups excluding carboxylic acids is 3. The van der Waals surface area contributed by atoms with Gasteiger partial charge in [0.1, 0.15) is 18.2 Å². The number of hydrogen-bond acceptors (Lipinski definition) is 6. The Kier molecular flexibility index (Phi) is 7.83. The molecule has 9 nitrogen and oxygen atoms in total. The van der Waals surface area contributed by atoms with Crippen LogP contribution < -0.4 is 15.4 Å². The highest BCUT2D eigenvalue weighted by Crippen LogP contribution is 2.34. The van der Waals surface area contributed by atoms with Gasteiger partial charge in [0, 0.05) is 24.0 Å². The standard InChI is InChI=1S/C31H38N4O5/c1-5-20-16-24(20)33-27(36)25-17-22-18-35(25)29(37)26(31(2,3)4)34-30(38)39-14-8-6-7-9-19-10-11-21-12-13-32-28(40-22)23(21)15-19/h5,7,9-13,15,20,22,24-26H,1,6,8,14,16-18H2,2-4H3,(H,33,36)(H,34,38)/b9-7+/t20-,22-,24-,25+,26-/m1/s1. The Morgan fingerprint density at radius 3 is 2.80 bits per heavy atom. The van der Waals surface area contributed by atoms with Gasteiger partial charge in [0.15, 0.2) is 0 Å². The van der Waals surface area contributed by atoms with Crippen molar-refractivity contribution in [3.63, 3.8) is 0 Å². The Morgan fingerprint density at radius 1 is 1.23 bits per heavy atom. The fourth-order valence-corrected chi connectivity index (χ4v) is 5.37. The van der Waals surface area contributed by atoms with Crippen LogP contribution in [0.15, 0.2) is 49.2 Å². The van der Waals surface area contributed by atoms with Crippen LogP contribution >= 0.6 is 0 Å². The lowest BCUT2D eigenvalue weighted by Crippen LogP contribution is -2.58. The number of nitrogens with zero attached hydrogens (tertiary/aromatic N) is 2. The number of nitrogens with one attached hydrogen (secondary N) is 2. The number of rotatable bonds is 3. The van der Waals surface area contributed by atoms with Crippen LogP contribution in [0.5, 0.6) is 5.88 Å². The van der Waals surface area contributed by atoms with Gasteiger partial charge < -0.3 is 25.0 Å². The predicted molar refractivity (Wildman–Crippen MR) is 153 cm³/mol. The average molecular weight is 547 g/mol. The first kappa shape index (κ1) is 27.7. The number of fused-ring (bicyclic) bond motifs is 3. The average Bonchev–Trinajstić information content (AvgIpc) is 3.53. The highest BCUT2D eigenvalue weighted by molar-refractivity contribution is 5.93. The highest BCUT2D eigenvalue weighted by atomic mass is 16.5. The molecule has 2 aliphatic heterocycles. The molecule has 0 unspecified atom stereocenters. The number of carbonyl (C=O) groups is 3. The van der Waals surface area contributed by atoms with Crippen LogP contribution in [0.2, 0.25) is 0 Å². The quantitative estimate of drug-likeness (QED) is 0.558. The Morgan fingerprint density at radius 2 is 2.05 bits per heavy atom. The van der Waals surface area contributed by atoms with Gasteiger partial charge in [-0.25, -0.2) is 9.78 Å². The van der Waals surface area contributed by atoms with Gasteiger partial charge in [0.2, 0.25) is 17.7 Å². The third kappa shape index (κ3) is 6.13. The summed E-state index contributed by atoms with van der Waals surface area (Å²) in [5.41, 5.74) is 0.373. The first-order valence-corrected chi connectivity index (χ1v) is 14.0. The number of cyclic esters (lactones) is 1. The van der Waals surface area contributed by atoms with E-state index in [1.54, 1.807) is 11.1 Å². The normalized spacial score (nSPS) is 28.1. The smallest absolute Gasteiger partial charge is 0.407 e. The number of hydrogen-bond donors (Lipinski definition) is 2. The largest absolute Gasteiger partial charge is 0.472 e. The molecule has 2 aromatic rings. The van der Waals surface area contributed by atoms with Gasteiger partial charge in [0.25, 0.3) is 0 Å². The topological polar surface area (TPSA) is 110 Å². The third-order valence-electron chi connectivity index (χ3n) is 7.78. The number of ether oxygens (including phenoxy) is 2. The number of alkyl carbamates (subject to hydrolysis) is 1. The second kappa shape index (κ2) is 11.3. The summed E-state index contributed by atoms with van der Waals surface area (Å²) in [6.07, 6.45) is 9.01. The summed E-state index contributed by atoms with van der Waals surface area (Å²) >= 11 is 0. The van der Waals surface area contributed by atoms with E-state index in [-0.39, 0.29) is 36.9 Å². The van der Waals surface area contributed by atoms with Crippen molar-refractivity contribution in [1.82, 2.24) is 20.5 Å². The monoisotopic (exact) mass is 546 g/mol. The van der Waals surface area contributed by atoms with Gasteiger partial charge >= 0.3 is 6.09 Å². The molecule has 5 atom stereocenters. The van der Waals surface area contributed by atoms with Crippen LogP contribution in [0.25, 0.3) is 16.8 Å². The Bertz CT molecular complexity index is 1330. The second-order valence-corrected chi connectivity index (χ2v) is 12.0. The van der Waals surface area contributed by atoms with Crippen LogP contribution in [-0.2, 0) is 14.3 Å². The van der Waals surface area contributed by atoms with Gasteiger partial charge in [0.05, 0.1) is 13.2 Å². The molecule has 1 aromatic heterocycles. The van der Waals surface area contributed by atoms with Gasteiger partial charge in [-0.2, -0.15) is 0 Å². The molecule has 0 spiro atoms. The molecule has 1 aromatic carbocycles. The third-order valence-corrected chi connectivity index (χ3v) is 7.78. The molecular weight excluding hydrogens is 508 g/mol. The molecule has 2 N–H and O–H groups in total. The molecule has 3 heterocycles. The van der Waals surface area contributed by atoms with E-state index >= 15 is 0 Å². The lowest BCUT2D eigenvalue weighted by atomic mass is 9.85. The number of allylic oxidation sites excluding steroid dienone is 1. The molecule has 4 bridgehead atoms.